The van der Waals surface area contributed by atoms with E-state index in [1.807, 2.05) is 0 Å². The van der Waals surface area contributed by atoms with Crippen molar-refractivity contribution in [2.24, 2.45) is 0 Å². The minimum Gasteiger partial charge on any atom is -0.324 e. The van der Waals surface area contributed by atoms with E-state index >= 15 is 0 Å². The number of rotatable bonds is 0. The number of nitrogens with zero attached hydrogens (tertiary/aromatic N) is 6. The van der Waals surface area contributed by atoms with Crippen LogP contribution in [0.4, 0.5) is 17.6 Å². The van der Waals surface area contributed by atoms with Crippen LogP contribution in [0.1, 0.15) is 0 Å². The molecule has 2 N–H and O–H groups in total. The monoisotopic (exact) mass is 586 g/mol. The number of hydrogen-bond donors (Lipinski definition) is 2. The second kappa shape index (κ2) is 8.74. The molecule has 0 unspecified atom stereocenters. The number of aromatic amines is 2. The van der Waals surface area contributed by atoms with Crippen molar-refractivity contribution in [2.45, 2.75) is 0 Å². The number of H-pyrrole nitrogens is 2. The van der Waals surface area contributed by atoms with Gasteiger partial charge in [0, 0.05) is 43.8 Å². The van der Waals surface area contributed by atoms with Crippen molar-refractivity contribution in [3.05, 3.63) is 96.1 Å². The van der Waals surface area contributed by atoms with Gasteiger partial charge in [0.25, 0.3) is 0 Å². The van der Waals surface area contributed by atoms with E-state index in [9.17, 15) is 17.6 Å². The quantitative estimate of drug-likeness (QED) is 0.179. The first-order valence-electron chi connectivity index (χ1n) is 13.4. The average molecular weight is 587 g/mol. The molecule has 44 heavy (non-hydrogen) atoms. The molecule has 0 spiro atoms. The number of benzene rings is 4. The highest BCUT2D eigenvalue weighted by molar-refractivity contribution is 6.06. The van der Waals surface area contributed by atoms with Crippen LogP contribution in [0.5, 0.6) is 0 Å². The molecule has 9 rings (SSSR count). The van der Waals surface area contributed by atoms with Crippen LogP contribution in [0, 0.1) is 23.3 Å². The maximum Gasteiger partial charge on any atom is 0.164 e. The predicted octanol–water partition coefficient (Wildman–Crippen LogP) is 7.43. The van der Waals surface area contributed by atoms with Crippen LogP contribution in [-0.2, 0) is 0 Å². The van der Waals surface area contributed by atoms with Gasteiger partial charge in [0.1, 0.15) is 45.9 Å². The SMILES string of the molecule is Fc1ccc2c(c1)-c1nc-2nc2[nH]c(nc3nc(nc4[nH]c(n1)c1ccc(F)cc41)-c1ccc(F)cc1-3)c1cc(F)ccc21. The van der Waals surface area contributed by atoms with Gasteiger partial charge in [0.15, 0.2) is 23.3 Å². The molecular formula is C32H14F4N8. The second-order valence-corrected chi connectivity index (χ2v) is 10.4. The van der Waals surface area contributed by atoms with Crippen molar-refractivity contribution < 1.29 is 17.6 Å². The summed E-state index contributed by atoms with van der Waals surface area (Å²) in [5, 5.41) is 1.89. The third kappa shape index (κ3) is 3.63. The van der Waals surface area contributed by atoms with Crippen molar-refractivity contribution in [3.8, 4) is 45.6 Å². The van der Waals surface area contributed by atoms with Gasteiger partial charge >= 0.3 is 0 Å². The molecule has 3 aromatic heterocycles. The van der Waals surface area contributed by atoms with Gasteiger partial charge in [-0.05, 0) is 72.8 Å². The van der Waals surface area contributed by atoms with E-state index in [2.05, 4.69) is 24.9 Å². The number of aromatic nitrogens is 8. The topological polar surface area (TPSA) is 109 Å². The molecule has 0 radical (unpaired) electrons. The first kappa shape index (κ1) is 24.5. The van der Waals surface area contributed by atoms with Gasteiger partial charge in [-0.15, -0.1) is 0 Å². The summed E-state index contributed by atoms with van der Waals surface area (Å²) in [7, 11) is 0. The van der Waals surface area contributed by atoms with Gasteiger partial charge in [-0.3, -0.25) is 0 Å². The van der Waals surface area contributed by atoms with E-state index in [4.69, 9.17) is 15.0 Å². The Kier molecular flexibility index (Phi) is 4.87. The van der Waals surface area contributed by atoms with Crippen molar-refractivity contribution in [1.82, 2.24) is 39.9 Å². The van der Waals surface area contributed by atoms with E-state index in [1.165, 1.54) is 54.6 Å². The summed E-state index contributed by atoms with van der Waals surface area (Å²) < 4.78 is 57.9. The van der Waals surface area contributed by atoms with Crippen molar-refractivity contribution >= 4 is 44.1 Å². The summed E-state index contributed by atoms with van der Waals surface area (Å²) in [4.78, 5) is 34.4. The maximum absolute atomic E-state index is 14.5. The van der Waals surface area contributed by atoms with Gasteiger partial charge in [0.2, 0.25) is 0 Å². The molecule has 0 atom stereocenters. The lowest BCUT2D eigenvalue weighted by molar-refractivity contribution is 0.628. The predicted molar refractivity (Wildman–Crippen MR) is 156 cm³/mol. The van der Waals surface area contributed by atoms with E-state index in [0.29, 0.717) is 55.1 Å². The Morgan fingerprint density at radius 1 is 0.341 bits per heavy atom. The second-order valence-electron chi connectivity index (χ2n) is 10.4. The Labute approximate surface area is 243 Å². The zero-order valence-electron chi connectivity index (χ0n) is 22.1. The molecule has 8 nitrogen and oxygen atoms in total. The summed E-state index contributed by atoms with van der Waals surface area (Å²) in [6.07, 6.45) is 0. The number of nitrogens with one attached hydrogen (secondary N) is 2. The largest absolute Gasteiger partial charge is 0.324 e. The number of hydrogen-bond acceptors (Lipinski definition) is 6. The highest BCUT2D eigenvalue weighted by Gasteiger charge is 2.23. The van der Waals surface area contributed by atoms with Crippen molar-refractivity contribution in [1.29, 1.82) is 0 Å². The highest BCUT2D eigenvalue weighted by Crippen LogP contribution is 2.37. The lowest BCUT2D eigenvalue weighted by atomic mass is 10.1. The van der Waals surface area contributed by atoms with Crippen LogP contribution in [0.25, 0.3) is 89.7 Å². The van der Waals surface area contributed by atoms with E-state index < -0.39 is 23.3 Å². The summed E-state index contributed by atoms with van der Waals surface area (Å²) in [5.74, 6) is -1.26. The summed E-state index contributed by atoms with van der Waals surface area (Å²) in [6, 6.07) is 16.6. The Morgan fingerprint density at radius 3 is 1.11 bits per heavy atom. The van der Waals surface area contributed by atoms with Gasteiger partial charge in [0.05, 0.1) is 0 Å². The minimum atomic E-state index is -0.508. The van der Waals surface area contributed by atoms with Gasteiger partial charge in [-0.25, -0.2) is 47.5 Å². The zero-order chi connectivity index (χ0) is 29.7. The Bertz CT molecular complexity index is 2570. The van der Waals surface area contributed by atoms with Crippen LogP contribution in [0.3, 0.4) is 0 Å². The average Bonchev–Trinajstić information content (AvgIpc) is 3.71. The molecule has 7 aromatic rings. The van der Waals surface area contributed by atoms with Gasteiger partial charge in [-0.2, -0.15) is 0 Å². The molecule has 0 saturated heterocycles. The molecule has 2 aliphatic rings. The van der Waals surface area contributed by atoms with E-state index in [-0.39, 0.29) is 34.6 Å². The Morgan fingerprint density at radius 2 is 0.682 bits per heavy atom. The van der Waals surface area contributed by atoms with E-state index in [1.54, 1.807) is 18.2 Å². The fraction of sp³-hybridized carbons (Fsp3) is 0. The maximum atomic E-state index is 14.5. The molecule has 210 valence electrons. The summed E-state index contributed by atoms with van der Waals surface area (Å²) in [6.45, 7) is 0. The Hall–Kier alpha value is -6.04. The molecule has 0 aliphatic carbocycles. The first-order chi connectivity index (χ1) is 21.4. The molecular weight excluding hydrogens is 572 g/mol. The zero-order valence-corrected chi connectivity index (χ0v) is 22.1. The lowest BCUT2D eigenvalue weighted by Gasteiger charge is -1.98. The fourth-order valence-electron chi connectivity index (χ4n) is 5.68. The molecule has 0 amide bonds. The van der Waals surface area contributed by atoms with Crippen LogP contribution in [0.15, 0.2) is 72.8 Å². The number of fused-ring (bicyclic) bond motifs is 20. The molecule has 5 heterocycles. The third-order valence-corrected chi connectivity index (χ3v) is 7.68. The van der Waals surface area contributed by atoms with Crippen molar-refractivity contribution in [2.75, 3.05) is 0 Å². The molecule has 0 fully saturated rings. The van der Waals surface area contributed by atoms with Crippen LogP contribution >= 0.6 is 0 Å². The molecule has 0 saturated carbocycles. The highest BCUT2D eigenvalue weighted by atomic mass is 19.1. The molecule has 4 aromatic carbocycles. The van der Waals surface area contributed by atoms with Crippen LogP contribution < -0.4 is 0 Å². The molecule has 12 heteroatoms. The lowest BCUT2D eigenvalue weighted by Crippen LogP contribution is -1.84. The standard InChI is InChI=1S/C32H14F4N8/c33-13-1-5-17-21(9-13)29-38-25(17)37-26-18-6-2-15(35)11-23(18)31(39-26)44-32-24-12-16(36)4-8-20(24)28(43-32)42-30-22-10-14(34)3-7-19(22)27(40-29)41-30/h1-12H,(H2,37,38,39,40,41,42,43,44). The van der Waals surface area contributed by atoms with Gasteiger partial charge < -0.3 is 9.97 Å². The summed E-state index contributed by atoms with van der Waals surface area (Å²) >= 11 is 0. The molecule has 2 aliphatic heterocycles. The van der Waals surface area contributed by atoms with Gasteiger partial charge in [-0.1, -0.05) is 0 Å². The fourth-order valence-corrected chi connectivity index (χ4v) is 5.68. The number of halogens is 4. The molecule has 8 bridgehead atoms. The Balaban J connectivity index is 1.51. The van der Waals surface area contributed by atoms with Crippen LogP contribution in [-0.4, -0.2) is 39.9 Å². The minimum absolute atomic E-state index is 0.130. The normalized spacial score (nSPS) is 12.1. The third-order valence-electron chi connectivity index (χ3n) is 7.68. The van der Waals surface area contributed by atoms with E-state index in [0.717, 1.165) is 0 Å². The van der Waals surface area contributed by atoms with Crippen LogP contribution in [0.2, 0.25) is 0 Å². The smallest absolute Gasteiger partial charge is 0.164 e. The summed E-state index contributed by atoms with van der Waals surface area (Å²) in [5.41, 5.74) is 2.86. The first-order valence-corrected chi connectivity index (χ1v) is 13.4. The van der Waals surface area contributed by atoms with Crippen molar-refractivity contribution in [3.63, 3.8) is 0 Å².